The second-order valence-electron chi connectivity index (χ2n) is 10.4. The van der Waals surface area contributed by atoms with Crippen LogP contribution in [-0.4, -0.2) is 49.7 Å². The van der Waals surface area contributed by atoms with Gasteiger partial charge in [-0.05, 0) is 75.2 Å². The molecular weight excluding hydrogens is 494 g/mol. The number of anilines is 1. The van der Waals surface area contributed by atoms with Gasteiger partial charge in [-0.1, -0.05) is 35.9 Å². The summed E-state index contributed by atoms with van der Waals surface area (Å²) >= 11 is 0. The first-order valence-corrected chi connectivity index (χ1v) is 12.6. The maximum Gasteiger partial charge on any atom is 0.251 e. The third-order valence-corrected chi connectivity index (χ3v) is 5.93. The Morgan fingerprint density at radius 2 is 1.67 bits per heavy atom. The first-order chi connectivity index (χ1) is 18.6. The monoisotopic (exact) mass is 527 g/mol. The zero-order valence-electron chi connectivity index (χ0n) is 23.0. The third-order valence-electron chi connectivity index (χ3n) is 5.93. The van der Waals surface area contributed by atoms with Crippen LogP contribution in [0.1, 0.15) is 43.5 Å². The quantitative estimate of drug-likeness (QED) is 0.368. The minimum absolute atomic E-state index is 0.250. The third kappa shape index (κ3) is 6.64. The van der Waals surface area contributed by atoms with Crippen LogP contribution in [-0.2, 0) is 16.1 Å². The smallest absolute Gasteiger partial charge is 0.251 e. The van der Waals surface area contributed by atoms with E-state index >= 15 is 0 Å². The molecule has 0 radical (unpaired) electrons. The number of amides is 2. The zero-order valence-corrected chi connectivity index (χ0v) is 23.0. The van der Waals surface area contributed by atoms with Crippen LogP contribution in [0.25, 0.3) is 11.4 Å². The SMILES string of the molecule is COc1ccc(C)cc1N(C(=O)Cn1nnc(-c2ccc(C)cc2)n1)[C@@H](C(=O)NC(C)(C)C)c1ccncc1. The molecule has 39 heavy (non-hydrogen) atoms. The van der Waals surface area contributed by atoms with E-state index in [1.165, 1.54) is 16.8 Å². The van der Waals surface area contributed by atoms with Crippen molar-refractivity contribution >= 4 is 17.5 Å². The Labute approximate surface area is 228 Å². The maximum atomic E-state index is 14.1. The molecule has 0 spiro atoms. The van der Waals surface area contributed by atoms with Crippen molar-refractivity contribution in [3.05, 3.63) is 83.7 Å². The number of carbonyl (C=O) groups is 2. The highest BCUT2D eigenvalue weighted by atomic mass is 16.5. The van der Waals surface area contributed by atoms with Crippen molar-refractivity contribution in [2.24, 2.45) is 0 Å². The van der Waals surface area contributed by atoms with E-state index in [-0.39, 0.29) is 12.5 Å². The fourth-order valence-electron chi connectivity index (χ4n) is 4.13. The minimum Gasteiger partial charge on any atom is -0.495 e. The van der Waals surface area contributed by atoms with Crippen LogP contribution in [0.15, 0.2) is 67.0 Å². The van der Waals surface area contributed by atoms with E-state index in [0.717, 1.165) is 16.7 Å². The lowest BCUT2D eigenvalue weighted by atomic mass is 10.0. The molecule has 4 rings (SSSR count). The Hall–Kier alpha value is -4.60. The molecule has 4 aromatic rings. The van der Waals surface area contributed by atoms with Gasteiger partial charge in [0.15, 0.2) is 0 Å². The molecule has 0 saturated carbocycles. The molecule has 2 heterocycles. The molecule has 1 N–H and O–H groups in total. The molecule has 2 aromatic heterocycles. The number of carbonyl (C=O) groups excluding carboxylic acids is 2. The Bertz CT molecular complexity index is 1440. The van der Waals surface area contributed by atoms with Gasteiger partial charge in [-0.25, -0.2) is 0 Å². The number of benzene rings is 2. The molecule has 0 aliphatic carbocycles. The molecular formula is C29H33N7O3. The molecule has 0 bridgehead atoms. The molecule has 2 aromatic carbocycles. The van der Waals surface area contributed by atoms with Crippen molar-refractivity contribution in [2.45, 2.75) is 52.7 Å². The summed E-state index contributed by atoms with van der Waals surface area (Å²) < 4.78 is 5.63. The standard InChI is InChI=1S/C29H33N7O3/c1-19-7-10-22(11-8-19)27-32-34-35(33-27)18-25(37)36(23-17-20(2)9-12-24(23)39-6)26(21-13-15-30-16-14-21)28(38)31-29(3,4)5/h7-17,26H,18H2,1-6H3,(H,31,38)/t26-/m1/s1. The summed E-state index contributed by atoms with van der Waals surface area (Å²) in [5, 5.41) is 15.7. The number of nitrogens with zero attached hydrogens (tertiary/aromatic N) is 6. The van der Waals surface area contributed by atoms with Crippen LogP contribution < -0.4 is 15.0 Å². The van der Waals surface area contributed by atoms with E-state index in [9.17, 15) is 9.59 Å². The Morgan fingerprint density at radius 3 is 2.31 bits per heavy atom. The molecule has 202 valence electrons. The maximum absolute atomic E-state index is 14.1. The first-order valence-electron chi connectivity index (χ1n) is 12.6. The van der Waals surface area contributed by atoms with Crippen LogP contribution in [0.3, 0.4) is 0 Å². The van der Waals surface area contributed by atoms with Crippen molar-refractivity contribution in [3.8, 4) is 17.1 Å². The van der Waals surface area contributed by atoms with E-state index in [1.807, 2.05) is 71.0 Å². The van der Waals surface area contributed by atoms with E-state index in [1.54, 1.807) is 30.6 Å². The molecule has 0 unspecified atom stereocenters. The van der Waals surface area contributed by atoms with E-state index in [2.05, 4.69) is 25.7 Å². The highest BCUT2D eigenvalue weighted by Crippen LogP contribution is 2.36. The predicted octanol–water partition coefficient (Wildman–Crippen LogP) is 4.05. The summed E-state index contributed by atoms with van der Waals surface area (Å²) in [4.78, 5) is 34.7. The van der Waals surface area contributed by atoms with E-state index in [0.29, 0.717) is 22.8 Å². The number of aromatic nitrogens is 5. The van der Waals surface area contributed by atoms with Crippen LogP contribution in [0.5, 0.6) is 5.75 Å². The number of rotatable bonds is 8. The van der Waals surface area contributed by atoms with Crippen LogP contribution in [0.2, 0.25) is 0 Å². The number of tetrazole rings is 1. The van der Waals surface area contributed by atoms with Gasteiger partial charge in [0.2, 0.25) is 11.7 Å². The average Bonchev–Trinajstić information content (AvgIpc) is 3.35. The van der Waals surface area contributed by atoms with Crippen molar-refractivity contribution in [1.82, 2.24) is 30.5 Å². The van der Waals surface area contributed by atoms with Gasteiger partial charge in [-0.2, -0.15) is 4.80 Å². The fourth-order valence-corrected chi connectivity index (χ4v) is 4.13. The average molecular weight is 528 g/mol. The summed E-state index contributed by atoms with van der Waals surface area (Å²) in [7, 11) is 1.53. The zero-order chi connectivity index (χ0) is 28.2. The van der Waals surface area contributed by atoms with Gasteiger partial charge in [0.25, 0.3) is 5.91 Å². The van der Waals surface area contributed by atoms with Crippen molar-refractivity contribution < 1.29 is 14.3 Å². The number of pyridine rings is 1. The Kier molecular flexibility index (Phi) is 8.04. The number of aryl methyl sites for hydroxylation is 2. The first kappa shape index (κ1) is 27.4. The highest BCUT2D eigenvalue weighted by Gasteiger charge is 2.36. The van der Waals surface area contributed by atoms with Crippen LogP contribution >= 0.6 is 0 Å². The normalized spacial score (nSPS) is 12.1. The van der Waals surface area contributed by atoms with Gasteiger partial charge in [0.1, 0.15) is 18.3 Å². The van der Waals surface area contributed by atoms with Crippen molar-refractivity contribution in [1.29, 1.82) is 0 Å². The molecule has 10 nitrogen and oxygen atoms in total. The summed E-state index contributed by atoms with van der Waals surface area (Å²) in [6.45, 7) is 9.32. The molecule has 0 fully saturated rings. The molecule has 1 atom stereocenters. The molecule has 2 amide bonds. The summed E-state index contributed by atoms with van der Waals surface area (Å²) in [6.07, 6.45) is 3.19. The van der Waals surface area contributed by atoms with Gasteiger partial charge < -0.3 is 10.1 Å². The van der Waals surface area contributed by atoms with Gasteiger partial charge in [-0.15, -0.1) is 10.2 Å². The topological polar surface area (TPSA) is 115 Å². The molecule has 0 aliphatic rings. The van der Waals surface area contributed by atoms with Gasteiger partial charge in [-0.3, -0.25) is 19.5 Å². The van der Waals surface area contributed by atoms with Crippen molar-refractivity contribution in [2.75, 3.05) is 12.0 Å². The second kappa shape index (κ2) is 11.4. The number of hydrogen-bond donors (Lipinski definition) is 1. The Balaban J connectivity index is 1.79. The number of methoxy groups -OCH3 is 1. The lowest BCUT2D eigenvalue weighted by Crippen LogP contribution is -2.50. The summed E-state index contributed by atoms with van der Waals surface area (Å²) in [5.41, 5.74) is 3.30. The van der Waals surface area contributed by atoms with Gasteiger partial charge >= 0.3 is 0 Å². The van der Waals surface area contributed by atoms with Crippen LogP contribution in [0, 0.1) is 13.8 Å². The number of ether oxygens (including phenoxy) is 1. The van der Waals surface area contributed by atoms with E-state index in [4.69, 9.17) is 4.74 Å². The molecule has 10 heteroatoms. The number of nitrogens with one attached hydrogen (secondary N) is 1. The van der Waals surface area contributed by atoms with E-state index < -0.39 is 17.5 Å². The lowest BCUT2D eigenvalue weighted by Gasteiger charge is -2.34. The largest absolute Gasteiger partial charge is 0.495 e. The predicted molar refractivity (Wildman–Crippen MR) is 148 cm³/mol. The molecule has 0 aliphatic heterocycles. The van der Waals surface area contributed by atoms with Gasteiger partial charge in [0, 0.05) is 23.5 Å². The number of hydrogen-bond acceptors (Lipinski definition) is 7. The fraction of sp³-hybridized carbons (Fsp3) is 0.310. The van der Waals surface area contributed by atoms with Crippen LogP contribution in [0.4, 0.5) is 5.69 Å². The Morgan fingerprint density at radius 1 is 1.00 bits per heavy atom. The molecule has 0 saturated heterocycles. The summed E-state index contributed by atoms with van der Waals surface area (Å²) in [6, 6.07) is 15.6. The second-order valence-corrected chi connectivity index (χ2v) is 10.4. The minimum atomic E-state index is -1.02. The highest BCUT2D eigenvalue weighted by molar-refractivity contribution is 6.02. The van der Waals surface area contributed by atoms with Gasteiger partial charge in [0.05, 0.1) is 12.8 Å². The lowest BCUT2D eigenvalue weighted by molar-refractivity contribution is -0.128. The summed E-state index contributed by atoms with van der Waals surface area (Å²) in [5.74, 6) is 0.0808. The van der Waals surface area contributed by atoms with Crippen molar-refractivity contribution in [3.63, 3.8) is 0 Å².